The van der Waals surface area contributed by atoms with Gasteiger partial charge in [-0.3, -0.25) is 0 Å². The molecule has 0 fully saturated rings. The molecule has 0 atom stereocenters. The van der Waals surface area contributed by atoms with E-state index in [1.165, 1.54) is 0 Å². The maximum atomic E-state index is 6.00. The molecule has 0 radical (unpaired) electrons. The summed E-state index contributed by atoms with van der Waals surface area (Å²) in [5.74, 6) is 0. The zero-order chi connectivity index (χ0) is 11.3. The number of rotatable bonds is 0. The van der Waals surface area contributed by atoms with Gasteiger partial charge in [0.05, 0.1) is 10.0 Å². The monoisotopic (exact) mass is 314 g/mol. The third kappa shape index (κ3) is 1.53. The third-order valence-corrected chi connectivity index (χ3v) is 3.69. The highest BCUT2D eigenvalue weighted by molar-refractivity contribution is 9.10. The van der Waals surface area contributed by atoms with Crippen molar-refractivity contribution in [3.05, 3.63) is 44.8 Å². The van der Waals surface area contributed by atoms with E-state index in [1.807, 2.05) is 24.3 Å². The molecule has 0 unspecified atom stereocenters. The van der Waals surface area contributed by atoms with E-state index in [0.717, 1.165) is 26.4 Å². The molecule has 3 aromatic rings. The van der Waals surface area contributed by atoms with E-state index < -0.39 is 0 Å². The second kappa shape index (κ2) is 3.66. The molecule has 3 rings (SSSR count). The van der Waals surface area contributed by atoms with Gasteiger partial charge in [0.25, 0.3) is 0 Å². The second-order valence-electron chi connectivity index (χ2n) is 3.51. The predicted molar refractivity (Wildman–Crippen MR) is 71.4 cm³/mol. The highest BCUT2D eigenvalue weighted by atomic mass is 79.9. The summed E-state index contributed by atoms with van der Waals surface area (Å²) in [6.45, 7) is 0. The molecule has 0 aliphatic carbocycles. The highest BCUT2D eigenvalue weighted by Gasteiger charge is 2.09. The normalized spacial score (nSPS) is 11.4. The van der Waals surface area contributed by atoms with E-state index in [9.17, 15) is 0 Å². The Labute approximate surface area is 110 Å². The van der Waals surface area contributed by atoms with Gasteiger partial charge in [-0.15, -0.1) is 0 Å². The van der Waals surface area contributed by atoms with Crippen LogP contribution < -0.4 is 0 Å². The summed E-state index contributed by atoms with van der Waals surface area (Å²) >= 11 is 15.4. The van der Waals surface area contributed by atoms with E-state index in [2.05, 4.69) is 15.9 Å². The van der Waals surface area contributed by atoms with Gasteiger partial charge in [-0.2, -0.15) is 0 Å². The molecule has 0 aliphatic rings. The van der Waals surface area contributed by atoms with Gasteiger partial charge in [0.2, 0.25) is 0 Å². The first-order valence-electron chi connectivity index (χ1n) is 4.62. The van der Waals surface area contributed by atoms with E-state index in [-0.39, 0.29) is 0 Å². The zero-order valence-corrected chi connectivity index (χ0v) is 11.0. The van der Waals surface area contributed by atoms with Gasteiger partial charge >= 0.3 is 0 Å². The minimum Gasteiger partial charge on any atom is -0.456 e. The van der Waals surface area contributed by atoms with Crippen molar-refractivity contribution in [1.82, 2.24) is 0 Å². The van der Waals surface area contributed by atoms with Crippen molar-refractivity contribution < 1.29 is 4.42 Å². The topological polar surface area (TPSA) is 13.1 Å². The van der Waals surface area contributed by atoms with Crippen LogP contribution in [0, 0.1) is 0 Å². The van der Waals surface area contributed by atoms with Gasteiger partial charge in [0.1, 0.15) is 11.2 Å². The first kappa shape index (κ1) is 10.5. The Hall–Kier alpha value is -0.700. The van der Waals surface area contributed by atoms with Crippen molar-refractivity contribution in [2.24, 2.45) is 0 Å². The van der Waals surface area contributed by atoms with Crippen LogP contribution in [0.15, 0.2) is 39.2 Å². The predicted octanol–water partition coefficient (Wildman–Crippen LogP) is 5.66. The van der Waals surface area contributed by atoms with Crippen LogP contribution in [0.5, 0.6) is 0 Å². The number of hydrogen-bond donors (Lipinski definition) is 0. The lowest BCUT2D eigenvalue weighted by Gasteiger charge is -1.94. The lowest BCUT2D eigenvalue weighted by Crippen LogP contribution is -1.70. The van der Waals surface area contributed by atoms with Crippen molar-refractivity contribution >= 4 is 61.1 Å². The van der Waals surface area contributed by atoms with E-state index in [1.54, 1.807) is 6.07 Å². The molecule has 0 spiro atoms. The zero-order valence-electron chi connectivity index (χ0n) is 7.93. The average Bonchev–Trinajstić information content (AvgIpc) is 2.57. The number of fused-ring (bicyclic) bond motifs is 3. The molecular formula is C12H5BrCl2O. The van der Waals surface area contributed by atoms with Gasteiger partial charge in [0, 0.05) is 21.3 Å². The van der Waals surface area contributed by atoms with E-state index in [4.69, 9.17) is 27.6 Å². The fourth-order valence-electron chi connectivity index (χ4n) is 1.74. The minimum absolute atomic E-state index is 0.507. The molecule has 1 nitrogen and oxygen atoms in total. The second-order valence-corrected chi connectivity index (χ2v) is 5.24. The molecule has 0 amide bonds. The minimum atomic E-state index is 0.507. The van der Waals surface area contributed by atoms with Crippen LogP contribution in [0.1, 0.15) is 0 Å². The molecule has 1 heterocycles. The van der Waals surface area contributed by atoms with Crippen molar-refractivity contribution in [3.63, 3.8) is 0 Å². The van der Waals surface area contributed by atoms with Gasteiger partial charge in [0.15, 0.2) is 0 Å². The van der Waals surface area contributed by atoms with E-state index in [0.29, 0.717) is 10.0 Å². The Morgan fingerprint density at radius 3 is 2.38 bits per heavy atom. The fourth-order valence-corrected chi connectivity index (χ4v) is 2.42. The summed E-state index contributed by atoms with van der Waals surface area (Å²) < 4.78 is 6.69. The largest absolute Gasteiger partial charge is 0.456 e. The first-order chi connectivity index (χ1) is 7.65. The van der Waals surface area contributed by atoms with Crippen LogP contribution in [0.25, 0.3) is 21.9 Å². The molecule has 4 heteroatoms. The summed E-state index contributed by atoms with van der Waals surface area (Å²) in [7, 11) is 0. The van der Waals surface area contributed by atoms with Gasteiger partial charge in [-0.25, -0.2) is 0 Å². The summed E-state index contributed by atoms with van der Waals surface area (Å²) in [5, 5.41) is 3.05. The lowest BCUT2D eigenvalue weighted by atomic mass is 10.1. The van der Waals surface area contributed by atoms with Crippen LogP contribution >= 0.6 is 39.1 Å². The molecule has 0 bridgehead atoms. The fraction of sp³-hybridized carbons (Fsp3) is 0. The van der Waals surface area contributed by atoms with Crippen molar-refractivity contribution in [2.75, 3.05) is 0 Å². The molecule has 0 aliphatic heterocycles. The van der Waals surface area contributed by atoms with Gasteiger partial charge in [-0.1, -0.05) is 39.1 Å². The van der Waals surface area contributed by atoms with E-state index >= 15 is 0 Å². The molecule has 2 aromatic carbocycles. The summed E-state index contributed by atoms with van der Waals surface area (Å²) in [6, 6.07) is 9.44. The number of hydrogen-bond acceptors (Lipinski definition) is 1. The van der Waals surface area contributed by atoms with Crippen LogP contribution in [-0.4, -0.2) is 0 Å². The quantitative estimate of drug-likeness (QED) is 0.522. The van der Waals surface area contributed by atoms with Crippen molar-refractivity contribution in [1.29, 1.82) is 0 Å². The molecule has 0 saturated carbocycles. The molecule has 80 valence electrons. The smallest absolute Gasteiger partial charge is 0.137 e. The SMILES string of the molecule is Clc1cc2oc3ccc(Br)cc3c2cc1Cl. The maximum absolute atomic E-state index is 6.00. The van der Waals surface area contributed by atoms with Crippen LogP contribution in [0.3, 0.4) is 0 Å². The van der Waals surface area contributed by atoms with Gasteiger partial charge in [-0.05, 0) is 24.3 Å². The van der Waals surface area contributed by atoms with Crippen molar-refractivity contribution in [3.8, 4) is 0 Å². The average molecular weight is 316 g/mol. The Morgan fingerprint density at radius 1 is 0.875 bits per heavy atom. The first-order valence-corrected chi connectivity index (χ1v) is 6.17. The third-order valence-electron chi connectivity index (χ3n) is 2.47. The maximum Gasteiger partial charge on any atom is 0.137 e. The molecule has 0 saturated heterocycles. The van der Waals surface area contributed by atoms with Crippen LogP contribution in [-0.2, 0) is 0 Å². The lowest BCUT2D eigenvalue weighted by molar-refractivity contribution is 0.669. The summed E-state index contributed by atoms with van der Waals surface area (Å²) in [6.07, 6.45) is 0. The summed E-state index contributed by atoms with van der Waals surface area (Å²) in [5.41, 5.74) is 1.58. The molecule has 16 heavy (non-hydrogen) atoms. The van der Waals surface area contributed by atoms with Crippen LogP contribution in [0.2, 0.25) is 10.0 Å². The Bertz CT molecular complexity index is 703. The molecule has 1 aromatic heterocycles. The summed E-state index contributed by atoms with van der Waals surface area (Å²) in [4.78, 5) is 0. The highest BCUT2D eigenvalue weighted by Crippen LogP contribution is 2.35. The Kier molecular flexibility index (Phi) is 2.39. The van der Waals surface area contributed by atoms with Crippen LogP contribution in [0.4, 0.5) is 0 Å². The van der Waals surface area contributed by atoms with Crippen molar-refractivity contribution in [2.45, 2.75) is 0 Å². The number of benzene rings is 2. The molecular weight excluding hydrogens is 311 g/mol. The Morgan fingerprint density at radius 2 is 1.56 bits per heavy atom. The van der Waals surface area contributed by atoms with Gasteiger partial charge < -0.3 is 4.42 Å². The molecule has 0 N–H and O–H groups in total. The number of halogens is 3. The number of furan rings is 1. The Balaban J connectivity index is 2.53. The standard InChI is InChI=1S/C12H5BrCl2O/c13-6-1-2-11-7(3-6)8-4-9(14)10(15)5-12(8)16-11/h1-5H.